The molecule has 0 radical (unpaired) electrons. The summed E-state index contributed by atoms with van der Waals surface area (Å²) in [4.78, 5) is 31.5. The number of benzene rings is 1. The predicted molar refractivity (Wildman–Crippen MR) is 153 cm³/mol. The van der Waals surface area contributed by atoms with E-state index in [1.54, 1.807) is 22.7 Å². The van der Waals surface area contributed by atoms with Crippen LogP contribution in [0.2, 0.25) is 0 Å². The molecule has 1 aliphatic heterocycles. The van der Waals surface area contributed by atoms with Crippen molar-refractivity contribution in [2.24, 2.45) is 0 Å². The molecule has 8 nitrogen and oxygen atoms in total. The van der Waals surface area contributed by atoms with E-state index in [1.807, 2.05) is 29.3 Å². The van der Waals surface area contributed by atoms with Crippen LogP contribution in [0, 0.1) is 6.92 Å². The van der Waals surface area contributed by atoms with Crippen LogP contribution in [0.25, 0.3) is 20.4 Å². The average molecular weight is 536 g/mol. The number of pyridine rings is 1. The van der Waals surface area contributed by atoms with E-state index in [4.69, 9.17) is 9.97 Å². The fourth-order valence-corrected chi connectivity index (χ4v) is 7.52. The molecule has 1 saturated carbocycles. The number of amides is 1. The number of hydrogen-bond donors (Lipinski definition) is 2. The number of fused-ring (bicyclic) bond motifs is 2. The summed E-state index contributed by atoms with van der Waals surface area (Å²) in [5.74, 6) is 0.158. The van der Waals surface area contributed by atoms with Gasteiger partial charge in [0.2, 0.25) is 5.91 Å². The zero-order valence-electron chi connectivity index (χ0n) is 21.2. The normalized spacial score (nSPS) is 17.2. The molecule has 3 aromatic heterocycles. The van der Waals surface area contributed by atoms with Gasteiger partial charge in [-0.1, -0.05) is 41.6 Å². The summed E-state index contributed by atoms with van der Waals surface area (Å²) in [6, 6.07) is 8.90. The van der Waals surface area contributed by atoms with Gasteiger partial charge in [-0.2, -0.15) is 0 Å². The van der Waals surface area contributed by atoms with E-state index in [9.17, 15) is 4.79 Å². The molecule has 194 valence electrons. The highest BCUT2D eigenvalue weighted by molar-refractivity contribution is 7.24. The fraction of sp³-hybridized carbons (Fsp3) is 0.481. The molecule has 1 aromatic carbocycles. The van der Waals surface area contributed by atoms with Gasteiger partial charge in [0, 0.05) is 62.6 Å². The van der Waals surface area contributed by atoms with Crippen molar-refractivity contribution < 1.29 is 4.79 Å². The van der Waals surface area contributed by atoms with Gasteiger partial charge in [-0.25, -0.2) is 9.97 Å². The van der Waals surface area contributed by atoms with Crippen LogP contribution in [0.4, 0.5) is 10.3 Å². The first-order valence-corrected chi connectivity index (χ1v) is 14.9. The Kier molecular flexibility index (Phi) is 7.21. The smallest absolute Gasteiger partial charge is 0.242 e. The number of rotatable bonds is 8. The van der Waals surface area contributed by atoms with Gasteiger partial charge in [0.25, 0.3) is 0 Å². The van der Waals surface area contributed by atoms with E-state index in [1.165, 1.54) is 25.7 Å². The van der Waals surface area contributed by atoms with E-state index >= 15 is 0 Å². The standard InChI is InChI=1S/C27H33N7OS2/c1-18-24-21(36-26(31-24)29-11-9-19-6-4-5-10-28-19)16-22-25(18)32-27(37-22)30-17-23(35)34-14-12-33(13-15-34)20-7-2-3-8-20/h4-6,10,16,20H,2-3,7-9,11-15,17H2,1H3,(H,29,31)(H,30,32). The van der Waals surface area contributed by atoms with E-state index in [0.29, 0.717) is 6.54 Å². The Bertz CT molecular complexity index is 1370. The molecular weight excluding hydrogens is 502 g/mol. The first-order chi connectivity index (χ1) is 18.1. The summed E-state index contributed by atoms with van der Waals surface area (Å²) in [7, 11) is 0. The predicted octanol–water partition coefficient (Wildman–Crippen LogP) is 4.76. The van der Waals surface area contributed by atoms with E-state index < -0.39 is 0 Å². The molecule has 6 rings (SSSR count). The molecule has 0 bridgehead atoms. The molecule has 1 saturated heterocycles. The van der Waals surface area contributed by atoms with Crippen LogP contribution < -0.4 is 10.6 Å². The maximum Gasteiger partial charge on any atom is 0.242 e. The van der Waals surface area contributed by atoms with Gasteiger partial charge >= 0.3 is 0 Å². The summed E-state index contributed by atoms with van der Waals surface area (Å²) < 4.78 is 2.27. The van der Waals surface area contributed by atoms with Crippen molar-refractivity contribution in [3.8, 4) is 0 Å². The Morgan fingerprint density at radius 3 is 2.38 bits per heavy atom. The van der Waals surface area contributed by atoms with Crippen LogP contribution in [0.15, 0.2) is 30.5 Å². The van der Waals surface area contributed by atoms with Crippen LogP contribution in [-0.4, -0.2) is 76.0 Å². The molecule has 0 unspecified atom stereocenters. The molecule has 4 heterocycles. The average Bonchev–Trinajstić information content (AvgIpc) is 3.68. The summed E-state index contributed by atoms with van der Waals surface area (Å²) in [6.07, 6.45) is 8.04. The van der Waals surface area contributed by atoms with Crippen LogP contribution >= 0.6 is 22.7 Å². The number of piperazine rings is 1. The molecule has 2 N–H and O–H groups in total. The van der Waals surface area contributed by atoms with Crippen LogP contribution in [0.3, 0.4) is 0 Å². The molecular formula is C27H33N7OS2. The van der Waals surface area contributed by atoms with Crippen LogP contribution in [0.1, 0.15) is 36.9 Å². The molecule has 4 aromatic rings. The van der Waals surface area contributed by atoms with Crippen molar-refractivity contribution in [2.75, 3.05) is 49.9 Å². The summed E-state index contributed by atoms with van der Waals surface area (Å²) in [5.41, 5.74) is 4.11. The van der Waals surface area contributed by atoms with Crippen molar-refractivity contribution in [1.82, 2.24) is 24.8 Å². The Balaban J connectivity index is 1.05. The minimum Gasteiger partial charge on any atom is -0.361 e. The van der Waals surface area contributed by atoms with Gasteiger partial charge in [0.15, 0.2) is 10.3 Å². The Morgan fingerprint density at radius 1 is 1.00 bits per heavy atom. The Morgan fingerprint density at radius 2 is 1.70 bits per heavy atom. The molecule has 0 atom stereocenters. The molecule has 2 aliphatic rings. The molecule has 37 heavy (non-hydrogen) atoms. The van der Waals surface area contributed by atoms with Gasteiger partial charge in [0.05, 0.1) is 27.0 Å². The zero-order valence-corrected chi connectivity index (χ0v) is 22.8. The lowest BCUT2D eigenvalue weighted by Crippen LogP contribution is -2.52. The highest BCUT2D eigenvalue weighted by Crippen LogP contribution is 2.37. The largest absolute Gasteiger partial charge is 0.361 e. The van der Waals surface area contributed by atoms with Gasteiger partial charge in [-0.05, 0) is 38.0 Å². The molecule has 0 spiro atoms. The monoisotopic (exact) mass is 535 g/mol. The maximum atomic E-state index is 12.8. The topological polar surface area (TPSA) is 86.3 Å². The molecule has 2 fully saturated rings. The maximum absolute atomic E-state index is 12.8. The number of carbonyl (C=O) groups excluding carboxylic acids is 1. The number of thiazole rings is 2. The minimum atomic E-state index is 0.158. The fourth-order valence-electron chi connectivity index (χ4n) is 5.49. The minimum absolute atomic E-state index is 0.158. The summed E-state index contributed by atoms with van der Waals surface area (Å²) in [6.45, 7) is 6.83. The van der Waals surface area contributed by atoms with Crippen molar-refractivity contribution >= 4 is 59.3 Å². The second-order valence-corrected chi connectivity index (χ2v) is 12.0. The van der Waals surface area contributed by atoms with Crippen molar-refractivity contribution in [3.05, 3.63) is 41.7 Å². The number of nitrogens with one attached hydrogen (secondary N) is 2. The van der Waals surface area contributed by atoms with Crippen molar-refractivity contribution in [2.45, 2.75) is 45.1 Å². The number of aryl methyl sites for hydroxylation is 1. The Labute approximate surface area is 225 Å². The molecule has 1 aliphatic carbocycles. The summed E-state index contributed by atoms with van der Waals surface area (Å²) in [5, 5.41) is 8.45. The highest BCUT2D eigenvalue weighted by atomic mass is 32.1. The van der Waals surface area contributed by atoms with Crippen molar-refractivity contribution in [1.29, 1.82) is 0 Å². The highest BCUT2D eigenvalue weighted by Gasteiger charge is 2.27. The zero-order chi connectivity index (χ0) is 25.2. The third kappa shape index (κ3) is 5.42. The first-order valence-electron chi connectivity index (χ1n) is 13.2. The quantitative estimate of drug-likeness (QED) is 0.336. The number of nitrogens with zero attached hydrogens (tertiary/aromatic N) is 5. The van der Waals surface area contributed by atoms with Crippen LogP contribution in [-0.2, 0) is 11.2 Å². The molecule has 10 heteroatoms. The third-order valence-electron chi connectivity index (χ3n) is 7.56. The van der Waals surface area contributed by atoms with E-state index in [0.717, 1.165) is 87.1 Å². The first kappa shape index (κ1) is 24.5. The Hall–Kier alpha value is -2.82. The number of aromatic nitrogens is 3. The number of anilines is 2. The second-order valence-electron chi connectivity index (χ2n) is 9.94. The van der Waals surface area contributed by atoms with E-state index in [-0.39, 0.29) is 5.91 Å². The number of hydrogen-bond acceptors (Lipinski definition) is 9. The van der Waals surface area contributed by atoms with Gasteiger partial charge in [-0.3, -0.25) is 14.7 Å². The van der Waals surface area contributed by atoms with Crippen LogP contribution in [0.5, 0.6) is 0 Å². The number of carbonyl (C=O) groups is 1. The lowest BCUT2D eigenvalue weighted by molar-refractivity contribution is -0.131. The van der Waals surface area contributed by atoms with Crippen molar-refractivity contribution in [3.63, 3.8) is 0 Å². The summed E-state index contributed by atoms with van der Waals surface area (Å²) >= 11 is 3.27. The van der Waals surface area contributed by atoms with E-state index in [2.05, 4.69) is 33.5 Å². The van der Waals surface area contributed by atoms with Gasteiger partial charge in [0.1, 0.15) is 0 Å². The molecule has 1 amide bonds. The second kappa shape index (κ2) is 10.9. The lowest BCUT2D eigenvalue weighted by atomic mass is 10.2. The third-order valence-corrected chi connectivity index (χ3v) is 9.48. The lowest BCUT2D eigenvalue weighted by Gasteiger charge is -2.38. The van der Waals surface area contributed by atoms with Gasteiger partial charge in [-0.15, -0.1) is 0 Å². The SMILES string of the molecule is Cc1c2nc(NCCc3ccccn3)sc2cc2sc(NCC(=O)N3CCN(C4CCCC4)CC3)nc12. The van der Waals surface area contributed by atoms with Gasteiger partial charge < -0.3 is 15.5 Å².